The van der Waals surface area contributed by atoms with E-state index in [-0.39, 0.29) is 6.61 Å². The largest absolute Gasteiger partial charge is 0.497 e. The highest BCUT2D eigenvalue weighted by atomic mass is 16.5. The van der Waals surface area contributed by atoms with Crippen LogP contribution in [-0.4, -0.2) is 52.2 Å². The van der Waals surface area contributed by atoms with E-state index in [9.17, 15) is 5.11 Å². The second kappa shape index (κ2) is 8.15. The Hall–Kier alpha value is -3.65. The van der Waals surface area contributed by atoms with Crippen molar-refractivity contribution in [2.24, 2.45) is 0 Å². The fourth-order valence-electron chi connectivity index (χ4n) is 3.01. The van der Waals surface area contributed by atoms with Crippen LogP contribution in [0.3, 0.4) is 0 Å². The number of methoxy groups -OCH3 is 1. The van der Waals surface area contributed by atoms with Gasteiger partial charge in [-0.25, -0.2) is 4.68 Å². The van der Waals surface area contributed by atoms with E-state index in [1.807, 2.05) is 61.6 Å². The lowest BCUT2D eigenvalue weighted by Crippen LogP contribution is -2.23. The van der Waals surface area contributed by atoms with Crippen molar-refractivity contribution in [1.29, 1.82) is 0 Å². The molecule has 0 fully saturated rings. The molecule has 0 radical (unpaired) electrons. The lowest BCUT2D eigenvalue weighted by molar-refractivity contribution is 0.303. The lowest BCUT2D eigenvalue weighted by Gasteiger charge is -2.17. The molecule has 0 atom stereocenters. The number of aliphatic hydroxyl groups is 1. The van der Waals surface area contributed by atoms with Crippen LogP contribution in [0.15, 0.2) is 60.8 Å². The monoisotopic (exact) mass is 390 g/mol. The Labute approximate surface area is 168 Å². The van der Waals surface area contributed by atoms with Gasteiger partial charge in [-0.3, -0.25) is 0 Å². The molecule has 8 nitrogen and oxygen atoms in total. The van der Waals surface area contributed by atoms with E-state index < -0.39 is 0 Å². The molecule has 0 unspecified atom stereocenters. The number of aromatic nitrogens is 4. The molecule has 0 saturated heterocycles. The van der Waals surface area contributed by atoms with E-state index in [1.165, 1.54) is 0 Å². The van der Waals surface area contributed by atoms with Crippen LogP contribution < -0.4 is 15.0 Å². The van der Waals surface area contributed by atoms with E-state index in [4.69, 9.17) is 9.72 Å². The maximum Gasteiger partial charge on any atom is 0.229 e. The highest BCUT2D eigenvalue weighted by molar-refractivity contribution is 5.90. The lowest BCUT2D eigenvalue weighted by atomic mass is 10.3. The fraction of sp³-hybridized carbons (Fsp3) is 0.190. The summed E-state index contributed by atoms with van der Waals surface area (Å²) in [6.07, 6.45) is 1.75. The van der Waals surface area contributed by atoms with Crippen molar-refractivity contribution in [2.45, 2.75) is 0 Å². The summed E-state index contributed by atoms with van der Waals surface area (Å²) in [7, 11) is 3.48. The van der Waals surface area contributed by atoms with Gasteiger partial charge in [0.15, 0.2) is 5.65 Å². The van der Waals surface area contributed by atoms with Gasteiger partial charge in [0, 0.05) is 25.3 Å². The van der Waals surface area contributed by atoms with Crippen molar-refractivity contribution in [2.75, 3.05) is 37.5 Å². The molecule has 29 heavy (non-hydrogen) atoms. The average molecular weight is 390 g/mol. The van der Waals surface area contributed by atoms with Gasteiger partial charge in [0.25, 0.3) is 0 Å². The number of para-hydroxylation sites is 1. The topological polar surface area (TPSA) is 88.3 Å². The van der Waals surface area contributed by atoms with Gasteiger partial charge in [0.1, 0.15) is 11.6 Å². The zero-order chi connectivity index (χ0) is 20.2. The van der Waals surface area contributed by atoms with Crippen molar-refractivity contribution in [1.82, 2.24) is 19.7 Å². The van der Waals surface area contributed by atoms with Gasteiger partial charge in [-0.1, -0.05) is 24.3 Å². The SMILES string of the molecule is COc1cccc(Nc2nc(N(C)CCO)nc3c2cnn3-c2ccccc2)c1. The standard InChI is InChI=1S/C21H22N6O2/c1-26(11-12-28)21-24-19(23-15-7-6-10-17(13-15)29-2)18-14-22-27(20(18)25-21)16-8-4-3-5-9-16/h3-10,13-14,28H,11-12H2,1-2H3,(H,23,24,25). The minimum absolute atomic E-state index is 0.00842. The number of anilines is 3. The van der Waals surface area contributed by atoms with Crippen LogP contribution >= 0.6 is 0 Å². The molecule has 0 aliphatic rings. The minimum Gasteiger partial charge on any atom is -0.497 e. The number of aliphatic hydroxyl groups excluding tert-OH is 1. The molecule has 0 spiro atoms. The number of hydrogen-bond donors (Lipinski definition) is 2. The molecule has 0 amide bonds. The Morgan fingerprint density at radius 1 is 1.10 bits per heavy atom. The molecule has 148 valence electrons. The van der Waals surface area contributed by atoms with Crippen molar-refractivity contribution in [3.05, 3.63) is 60.8 Å². The average Bonchev–Trinajstić information content (AvgIpc) is 3.19. The van der Waals surface area contributed by atoms with Crippen molar-refractivity contribution in [3.8, 4) is 11.4 Å². The van der Waals surface area contributed by atoms with Crippen LogP contribution in [-0.2, 0) is 0 Å². The van der Waals surface area contributed by atoms with Crippen molar-refractivity contribution in [3.63, 3.8) is 0 Å². The van der Waals surface area contributed by atoms with E-state index in [0.717, 1.165) is 22.5 Å². The first-order valence-electron chi connectivity index (χ1n) is 9.24. The molecule has 4 rings (SSSR count). The first-order chi connectivity index (χ1) is 14.2. The molecule has 4 aromatic rings. The zero-order valence-electron chi connectivity index (χ0n) is 16.3. The molecule has 2 aromatic carbocycles. The van der Waals surface area contributed by atoms with Crippen molar-refractivity contribution < 1.29 is 9.84 Å². The van der Waals surface area contributed by atoms with Crippen molar-refractivity contribution >= 4 is 28.5 Å². The fourth-order valence-corrected chi connectivity index (χ4v) is 3.01. The normalized spacial score (nSPS) is 10.9. The quantitative estimate of drug-likeness (QED) is 0.501. The highest BCUT2D eigenvalue weighted by Crippen LogP contribution is 2.28. The molecule has 2 aromatic heterocycles. The maximum absolute atomic E-state index is 9.32. The van der Waals surface area contributed by atoms with Gasteiger partial charge in [-0.15, -0.1) is 0 Å². The third-order valence-electron chi connectivity index (χ3n) is 4.53. The van der Waals surface area contributed by atoms with Crippen LogP contribution in [0, 0.1) is 0 Å². The minimum atomic E-state index is 0.00842. The molecule has 2 heterocycles. The molecular weight excluding hydrogens is 368 g/mol. The summed E-state index contributed by atoms with van der Waals surface area (Å²) in [5.41, 5.74) is 2.42. The number of likely N-dealkylation sites (N-methyl/N-ethyl adjacent to an activating group) is 1. The number of rotatable bonds is 7. The molecular formula is C21H22N6O2. The van der Waals surface area contributed by atoms with Crippen LogP contribution in [0.1, 0.15) is 0 Å². The Morgan fingerprint density at radius 2 is 1.93 bits per heavy atom. The number of nitrogens with zero attached hydrogens (tertiary/aromatic N) is 5. The Balaban J connectivity index is 1.84. The molecule has 0 aliphatic carbocycles. The number of benzene rings is 2. The van der Waals surface area contributed by atoms with Crippen LogP contribution in [0.5, 0.6) is 5.75 Å². The van der Waals surface area contributed by atoms with Gasteiger partial charge in [-0.05, 0) is 24.3 Å². The third-order valence-corrected chi connectivity index (χ3v) is 4.53. The van der Waals surface area contributed by atoms with Crippen LogP contribution in [0.25, 0.3) is 16.7 Å². The maximum atomic E-state index is 9.32. The second-order valence-electron chi connectivity index (χ2n) is 6.50. The first-order valence-corrected chi connectivity index (χ1v) is 9.24. The van der Waals surface area contributed by atoms with E-state index in [2.05, 4.69) is 15.4 Å². The van der Waals surface area contributed by atoms with Gasteiger partial charge in [0.2, 0.25) is 5.95 Å². The molecule has 8 heteroatoms. The molecule has 2 N–H and O–H groups in total. The second-order valence-corrected chi connectivity index (χ2v) is 6.50. The van der Waals surface area contributed by atoms with Gasteiger partial charge in [-0.2, -0.15) is 15.1 Å². The summed E-state index contributed by atoms with van der Waals surface area (Å²) in [4.78, 5) is 11.2. The van der Waals surface area contributed by atoms with Gasteiger partial charge < -0.3 is 20.1 Å². The number of nitrogens with one attached hydrogen (secondary N) is 1. The number of ether oxygens (including phenoxy) is 1. The number of fused-ring (bicyclic) bond motifs is 1. The first kappa shape index (κ1) is 18.7. The molecule has 0 bridgehead atoms. The predicted molar refractivity (Wildman–Crippen MR) is 113 cm³/mol. The van der Waals surface area contributed by atoms with E-state index >= 15 is 0 Å². The predicted octanol–water partition coefficient (Wildman–Crippen LogP) is 3.00. The highest BCUT2D eigenvalue weighted by Gasteiger charge is 2.16. The summed E-state index contributed by atoms with van der Waals surface area (Å²) in [6.45, 7) is 0.429. The molecule has 0 aliphatic heterocycles. The Kier molecular flexibility index (Phi) is 5.26. The Bertz CT molecular complexity index is 1110. The summed E-state index contributed by atoms with van der Waals surface area (Å²) in [5.74, 6) is 1.87. The Morgan fingerprint density at radius 3 is 2.69 bits per heavy atom. The van der Waals surface area contributed by atoms with E-state index in [0.29, 0.717) is 24.0 Å². The third kappa shape index (κ3) is 3.83. The summed E-state index contributed by atoms with van der Waals surface area (Å²) >= 11 is 0. The summed E-state index contributed by atoms with van der Waals surface area (Å²) in [5, 5.41) is 18.0. The van der Waals surface area contributed by atoms with Gasteiger partial charge >= 0.3 is 0 Å². The summed E-state index contributed by atoms with van der Waals surface area (Å²) < 4.78 is 7.09. The molecule has 0 saturated carbocycles. The number of hydrogen-bond acceptors (Lipinski definition) is 7. The smallest absolute Gasteiger partial charge is 0.229 e. The van der Waals surface area contributed by atoms with Crippen LogP contribution in [0.4, 0.5) is 17.5 Å². The zero-order valence-corrected chi connectivity index (χ0v) is 16.3. The summed E-state index contributed by atoms with van der Waals surface area (Å²) in [6, 6.07) is 17.4. The van der Waals surface area contributed by atoms with E-state index in [1.54, 1.807) is 22.9 Å². The van der Waals surface area contributed by atoms with Crippen LogP contribution in [0.2, 0.25) is 0 Å². The van der Waals surface area contributed by atoms with Gasteiger partial charge in [0.05, 0.1) is 31.0 Å².